The van der Waals surface area contributed by atoms with Crippen LogP contribution >= 0.6 is 0 Å². The molecule has 0 aliphatic carbocycles. The van der Waals surface area contributed by atoms with E-state index in [2.05, 4.69) is 20.2 Å². The van der Waals surface area contributed by atoms with Crippen molar-refractivity contribution in [2.45, 2.75) is 13.1 Å². The minimum Gasteiger partial charge on any atom is -0.416 e. The molecule has 0 radical (unpaired) electrons. The number of alkyl halides is 3. The number of hydrogen-bond donors (Lipinski definition) is 0. The van der Waals surface area contributed by atoms with Crippen LogP contribution in [0.3, 0.4) is 0 Å². The molecule has 0 saturated carbocycles. The van der Waals surface area contributed by atoms with Crippen LogP contribution in [0.2, 0.25) is 0 Å². The smallest absolute Gasteiger partial charge is 0.416 e. The summed E-state index contributed by atoms with van der Waals surface area (Å²) >= 11 is 0. The van der Waals surface area contributed by atoms with Gasteiger partial charge in [-0.15, -0.1) is 10.2 Å². The molecule has 0 atom stereocenters. The molecule has 3 heterocycles. The SMILES string of the molecule is Cc1nc(C(F)(F)F)ccc1-c1nnc(-c2cccnc2)o1. The van der Waals surface area contributed by atoms with Crippen LogP contribution in [-0.4, -0.2) is 20.2 Å². The first-order chi connectivity index (χ1) is 10.4. The van der Waals surface area contributed by atoms with Gasteiger partial charge in [0.15, 0.2) is 0 Å². The van der Waals surface area contributed by atoms with Crippen LogP contribution in [0.4, 0.5) is 13.2 Å². The van der Waals surface area contributed by atoms with Crippen LogP contribution in [-0.2, 0) is 6.18 Å². The predicted molar refractivity (Wildman–Crippen MR) is 70.5 cm³/mol. The summed E-state index contributed by atoms with van der Waals surface area (Å²) in [5, 5.41) is 7.72. The summed E-state index contributed by atoms with van der Waals surface area (Å²) < 4.78 is 43.3. The van der Waals surface area contributed by atoms with Crippen molar-refractivity contribution in [2.75, 3.05) is 0 Å². The van der Waals surface area contributed by atoms with E-state index >= 15 is 0 Å². The monoisotopic (exact) mass is 306 g/mol. The third-order valence-corrected chi connectivity index (χ3v) is 2.94. The minimum absolute atomic E-state index is 0.109. The van der Waals surface area contributed by atoms with E-state index in [9.17, 15) is 13.2 Å². The lowest BCUT2D eigenvalue weighted by Crippen LogP contribution is -2.08. The molecule has 22 heavy (non-hydrogen) atoms. The standard InChI is InChI=1S/C14H9F3N4O/c1-8-10(4-5-11(19-8)14(15,16)17)13-21-20-12(22-13)9-3-2-6-18-7-9/h2-7H,1H3. The molecule has 0 N–H and O–H groups in total. The van der Waals surface area contributed by atoms with Crippen molar-refractivity contribution in [3.05, 3.63) is 48.0 Å². The molecule has 3 rings (SSSR count). The number of aromatic nitrogens is 4. The van der Waals surface area contributed by atoms with Crippen LogP contribution in [0.1, 0.15) is 11.4 Å². The molecular weight excluding hydrogens is 297 g/mol. The second-order valence-electron chi connectivity index (χ2n) is 4.48. The molecule has 0 aliphatic heterocycles. The van der Waals surface area contributed by atoms with Gasteiger partial charge in [0.2, 0.25) is 11.8 Å². The Hall–Kier alpha value is -2.77. The van der Waals surface area contributed by atoms with Gasteiger partial charge < -0.3 is 4.42 Å². The lowest BCUT2D eigenvalue weighted by molar-refractivity contribution is -0.141. The van der Waals surface area contributed by atoms with E-state index in [0.29, 0.717) is 11.1 Å². The summed E-state index contributed by atoms with van der Waals surface area (Å²) in [5.41, 5.74) is 0.186. The van der Waals surface area contributed by atoms with E-state index < -0.39 is 11.9 Å². The minimum atomic E-state index is -4.49. The van der Waals surface area contributed by atoms with Gasteiger partial charge in [-0.1, -0.05) is 0 Å². The van der Waals surface area contributed by atoms with E-state index in [4.69, 9.17) is 4.42 Å². The zero-order chi connectivity index (χ0) is 15.7. The van der Waals surface area contributed by atoms with E-state index in [-0.39, 0.29) is 17.5 Å². The molecule has 0 bridgehead atoms. The zero-order valence-electron chi connectivity index (χ0n) is 11.3. The molecule has 5 nitrogen and oxygen atoms in total. The van der Waals surface area contributed by atoms with E-state index in [0.717, 1.165) is 6.07 Å². The maximum atomic E-state index is 12.6. The highest BCUT2D eigenvalue weighted by atomic mass is 19.4. The Morgan fingerprint density at radius 1 is 1.05 bits per heavy atom. The van der Waals surface area contributed by atoms with Gasteiger partial charge in [-0.3, -0.25) is 4.98 Å². The molecule has 0 spiro atoms. The van der Waals surface area contributed by atoms with Crippen LogP contribution < -0.4 is 0 Å². The summed E-state index contributed by atoms with van der Waals surface area (Å²) in [7, 11) is 0. The highest BCUT2D eigenvalue weighted by Crippen LogP contribution is 2.31. The van der Waals surface area contributed by atoms with Gasteiger partial charge >= 0.3 is 6.18 Å². The predicted octanol–water partition coefficient (Wildman–Crippen LogP) is 3.52. The largest absolute Gasteiger partial charge is 0.433 e. The number of rotatable bonds is 2. The van der Waals surface area contributed by atoms with Crippen LogP contribution in [0.15, 0.2) is 41.1 Å². The van der Waals surface area contributed by atoms with Crippen molar-refractivity contribution in [1.82, 2.24) is 20.2 Å². The molecule has 0 amide bonds. The summed E-state index contributed by atoms with van der Waals surface area (Å²) in [6, 6.07) is 5.61. The molecule has 3 aromatic rings. The fourth-order valence-electron chi connectivity index (χ4n) is 1.88. The molecule has 0 saturated heterocycles. The normalized spacial score (nSPS) is 11.6. The molecule has 0 fully saturated rings. The Morgan fingerprint density at radius 2 is 1.82 bits per heavy atom. The Morgan fingerprint density at radius 3 is 2.45 bits per heavy atom. The van der Waals surface area contributed by atoms with Crippen molar-refractivity contribution in [3.63, 3.8) is 0 Å². The van der Waals surface area contributed by atoms with Crippen LogP contribution in [0.25, 0.3) is 22.9 Å². The van der Waals surface area contributed by atoms with Crippen LogP contribution in [0.5, 0.6) is 0 Å². The molecule has 3 aromatic heterocycles. The van der Waals surface area contributed by atoms with Crippen molar-refractivity contribution >= 4 is 0 Å². The van der Waals surface area contributed by atoms with E-state index in [1.807, 2.05) is 0 Å². The zero-order valence-corrected chi connectivity index (χ0v) is 11.3. The maximum absolute atomic E-state index is 12.6. The average Bonchev–Trinajstić information content (AvgIpc) is 2.96. The van der Waals surface area contributed by atoms with Crippen molar-refractivity contribution in [1.29, 1.82) is 0 Å². The lowest BCUT2D eigenvalue weighted by Gasteiger charge is -2.07. The number of halogens is 3. The van der Waals surface area contributed by atoms with Crippen molar-refractivity contribution in [2.24, 2.45) is 0 Å². The van der Waals surface area contributed by atoms with Gasteiger partial charge in [0, 0.05) is 12.4 Å². The molecule has 0 aliphatic rings. The van der Waals surface area contributed by atoms with Gasteiger partial charge in [0.05, 0.1) is 16.8 Å². The van der Waals surface area contributed by atoms with Gasteiger partial charge in [0.1, 0.15) is 5.69 Å². The molecular formula is C14H9F3N4O. The molecule has 0 aromatic carbocycles. The molecule has 0 unspecified atom stereocenters. The molecule has 8 heteroatoms. The van der Waals surface area contributed by atoms with E-state index in [1.54, 1.807) is 24.5 Å². The fourth-order valence-corrected chi connectivity index (χ4v) is 1.88. The van der Waals surface area contributed by atoms with Crippen molar-refractivity contribution in [3.8, 4) is 22.9 Å². The Kier molecular flexibility index (Phi) is 3.36. The number of aryl methyl sites for hydroxylation is 1. The lowest BCUT2D eigenvalue weighted by atomic mass is 10.2. The Bertz CT molecular complexity index is 799. The quantitative estimate of drug-likeness (QED) is 0.724. The highest BCUT2D eigenvalue weighted by Gasteiger charge is 2.33. The fraction of sp³-hybridized carbons (Fsp3) is 0.143. The second-order valence-corrected chi connectivity index (χ2v) is 4.48. The Balaban J connectivity index is 1.97. The summed E-state index contributed by atoms with van der Waals surface area (Å²) in [6.45, 7) is 1.46. The number of hydrogen-bond acceptors (Lipinski definition) is 5. The summed E-state index contributed by atoms with van der Waals surface area (Å²) in [6.07, 6.45) is -1.33. The Labute approximate surface area is 122 Å². The highest BCUT2D eigenvalue weighted by molar-refractivity contribution is 5.59. The maximum Gasteiger partial charge on any atom is 0.433 e. The van der Waals surface area contributed by atoms with Crippen molar-refractivity contribution < 1.29 is 17.6 Å². The first-order valence-corrected chi connectivity index (χ1v) is 6.24. The molecule has 112 valence electrons. The van der Waals surface area contributed by atoms with Gasteiger partial charge in [-0.25, -0.2) is 4.98 Å². The van der Waals surface area contributed by atoms with Gasteiger partial charge in [-0.05, 0) is 31.2 Å². The average molecular weight is 306 g/mol. The summed E-state index contributed by atoms with van der Waals surface area (Å²) in [4.78, 5) is 7.47. The van der Waals surface area contributed by atoms with Gasteiger partial charge in [0.25, 0.3) is 0 Å². The first-order valence-electron chi connectivity index (χ1n) is 6.24. The number of pyridine rings is 2. The van der Waals surface area contributed by atoms with Gasteiger partial charge in [-0.2, -0.15) is 13.2 Å². The number of nitrogens with zero attached hydrogens (tertiary/aromatic N) is 4. The third-order valence-electron chi connectivity index (χ3n) is 2.94. The van der Waals surface area contributed by atoms with Crippen LogP contribution in [0, 0.1) is 6.92 Å². The first kappa shape index (κ1) is 14.2. The topological polar surface area (TPSA) is 64.7 Å². The second kappa shape index (κ2) is 5.21. The summed E-state index contributed by atoms with van der Waals surface area (Å²) in [5.74, 6) is 0.347. The third kappa shape index (κ3) is 2.67. The van der Waals surface area contributed by atoms with E-state index in [1.165, 1.54) is 13.0 Å².